The van der Waals surface area contributed by atoms with E-state index in [-0.39, 0.29) is 0 Å². The van der Waals surface area contributed by atoms with Crippen LogP contribution < -0.4 is 10.5 Å². The molecule has 0 fully saturated rings. The Morgan fingerprint density at radius 2 is 2.24 bits per heavy atom. The summed E-state index contributed by atoms with van der Waals surface area (Å²) in [5, 5.41) is 4.71. The first kappa shape index (κ1) is 14.0. The largest absolute Gasteiger partial charge is 0.496 e. The Labute approximate surface area is 131 Å². The zero-order valence-electron chi connectivity index (χ0n) is 11.4. The van der Waals surface area contributed by atoms with E-state index in [1.54, 1.807) is 18.4 Å². The van der Waals surface area contributed by atoms with Crippen molar-refractivity contribution in [3.05, 3.63) is 51.8 Å². The van der Waals surface area contributed by atoms with Gasteiger partial charge in [0.25, 0.3) is 0 Å². The summed E-state index contributed by atoms with van der Waals surface area (Å²) in [6.45, 7) is 0.520. The topological polar surface area (TPSA) is 53.1 Å². The third-order valence-electron chi connectivity index (χ3n) is 3.25. The Morgan fingerprint density at radius 1 is 1.38 bits per heavy atom. The molecule has 0 aliphatic carbocycles. The van der Waals surface area contributed by atoms with Crippen molar-refractivity contribution in [3.8, 4) is 17.0 Å². The molecule has 0 saturated heterocycles. The maximum absolute atomic E-state index is 6.26. The van der Waals surface area contributed by atoms with Crippen LogP contribution in [0.5, 0.6) is 5.75 Å². The van der Waals surface area contributed by atoms with Gasteiger partial charge in [-0.2, -0.15) is 11.3 Å². The minimum Gasteiger partial charge on any atom is -0.496 e. The summed E-state index contributed by atoms with van der Waals surface area (Å²) in [6.07, 6.45) is 1.93. The number of methoxy groups -OCH3 is 1. The number of thiophene rings is 1. The highest BCUT2D eigenvalue weighted by atomic mass is 35.5. The number of nitrogens with zero attached hydrogens (tertiary/aromatic N) is 2. The van der Waals surface area contributed by atoms with Crippen molar-refractivity contribution in [2.24, 2.45) is 0 Å². The molecule has 1 aromatic carbocycles. The van der Waals surface area contributed by atoms with Gasteiger partial charge in [-0.25, -0.2) is 4.98 Å². The summed E-state index contributed by atoms with van der Waals surface area (Å²) < 4.78 is 7.23. The molecule has 0 aliphatic heterocycles. The van der Waals surface area contributed by atoms with Crippen LogP contribution in [0.25, 0.3) is 11.3 Å². The molecule has 0 spiro atoms. The van der Waals surface area contributed by atoms with Crippen LogP contribution in [-0.2, 0) is 6.54 Å². The Hall–Kier alpha value is -1.98. The number of rotatable bonds is 4. The van der Waals surface area contributed by atoms with Gasteiger partial charge in [-0.1, -0.05) is 17.7 Å². The van der Waals surface area contributed by atoms with Gasteiger partial charge < -0.3 is 15.0 Å². The van der Waals surface area contributed by atoms with Crippen LogP contribution in [0.2, 0.25) is 5.02 Å². The van der Waals surface area contributed by atoms with Crippen molar-refractivity contribution in [2.45, 2.75) is 6.54 Å². The first-order valence-electron chi connectivity index (χ1n) is 6.35. The van der Waals surface area contributed by atoms with Gasteiger partial charge in [0.05, 0.1) is 19.3 Å². The predicted octanol–water partition coefficient (Wildman–Crippen LogP) is 3.90. The molecule has 2 heterocycles. The highest BCUT2D eigenvalue weighted by molar-refractivity contribution is 7.08. The van der Waals surface area contributed by atoms with E-state index in [2.05, 4.69) is 4.98 Å². The predicted molar refractivity (Wildman–Crippen MR) is 87.1 cm³/mol. The molecular weight excluding hydrogens is 306 g/mol. The van der Waals surface area contributed by atoms with E-state index in [1.807, 2.05) is 45.8 Å². The minimum atomic E-state index is 0.457. The van der Waals surface area contributed by atoms with Crippen molar-refractivity contribution in [1.82, 2.24) is 9.55 Å². The lowest BCUT2D eigenvalue weighted by Gasteiger charge is -2.11. The summed E-state index contributed by atoms with van der Waals surface area (Å²) in [7, 11) is 1.63. The normalized spacial score (nSPS) is 10.8. The fourth-order valence-corrected chi connectivity index (χ4v) is 3.04. The van der Waals surface area contributed by atoms with Crippen LogP contribution in [0.15, 0.2) is 41.2 Å². The van der Waals surface area contributed by atoms with Crippen LogP contribution in [0, 0.1) is 0 Å². The van der Waals surface area contributed by atoms with Crippen molar-refractivity contribution in [2.75, 3.05) is 12.8 Å². The van der Waals surface area contributed by atoms with Crippen LogP contribution >= 0.6 is 22.9 Å². The molecule has 0 atom stereocenters. The van der Waals surface area contributed by atoms with Gasteiger partial charge in [-0.05, 0) is 23.6 Å². The smallest absolute Gasteiger partial charge is 0.201 e. The zero-order valence-corrected chi connectivity index (χ0v) is 13.0. The Kier molecular flexibility index (Phi) is 3.86. The van der Waals surface area contributed by atoms with Crippen molar-refractivity contribution >= 4 is 28.9 Å². The van der Waals surface area contributed by atoms with Crippen LogP contribution in [0.3, 0.4) is 0 Å². The second kappa shape index (κ2) is 5.79. The Bertz CT molecular complexity index is 752. The summed E-state index contributed by atoms with van der Waals surface area (Å²) in [5.41, 5.74) is 8.83. The van der Waals surface area contributed by atoms with E-state index < -0.39 is 0 Å². The molecule has 0 saturated carbocycles. The SMILES string of the molecule is COc1cccc(Cl)c1Cn1cc(-c2ccsc2)nc1N. The lowest BCUT2D eigenvalue weighted by atomic mass is 10.2. The lowest BCUT2D eigenvalue weighted by Crippen LogP contribution is -2.05. The van der Waals surface area contributed by atoms with Crippen molar-refractivity contribution in [1.29, 1.82) is 0 Å². The van der Waals surface area contributed by atoms with Crippen LogP contribution in [0.1, 0.15) is 5.56 Å². The second-order valence-electron chi connectivity index (χ2n) is 4.54. The number of hydrogen-bond acceptors (Lipinski definition) is 4. The van der Waals surface area contributed by atoms with Gasteiger partial charge in [0.15, 0.2) is 0 Å². The molecule has 21 heavy (non-hydrogen) atoms. The molecule has 4 nitrogen and oxygen atoms in total. The quantitative estimate of drug-likeness (QED) is 0.793. The summed E-state index contributed by atoms with van der Waals surface area (Å²) >= 11 is 7.89. The third-order valence-corrected chi connectivity index (χ3v) is 4.29. The summed E-state index contributed by atoms with van der Waals surface area (Å²) in [4.78, 5) is 4.40. The molecule has 0 aliphatic rings. The van der Waals surface area contributed by atoms with E-state index in [9.17, 15) is 0 Å². The van der Waals surface area contributed by atoms with Gasteiger partial charge >= 0.3 is 0 Å². The number of hydrogen-bond donors (Lipinski definition) is 1. The van der Waals surface area contributed by atoms with Gasteiger partial charge in [0, 0.05) is 27.7 Å². The highest BCUT2D eigenvalue weighted by Crippen LogP contribution is 2.29. The van der Waals surface area contributed by atoms with E-state index >= 15 is 0 Å². The van der Waals surface area contributed by atoms with E-state index in [4.69, 9.17) is 22.1 Å². The third kappa shape index (κ3) is 2.75. The molecule has 0 amide bonds. The van der Waals surface area contributed by atoms with Crippen LogP contribution in [0.4, 0.5) is 5.95 Å². The number of anilines is 1. The molecule has 6 heteroatoms. The Morgan fingerprint density at radius 3 is 2.95 bits per heavy atom. The van der Waals surface area contributed by atoms with E-state index in [1.165, 1.54) is 0 Å². The molecule has 3 rings (SSSR count). The minimum absolute atomic E-state index is 0.457. The van der Waals surface area contributed by atoms with Crippen molar-refractivity contribution < 1.29 is 4.74 Å². The summed E-state index contributed by atoms with van der Waals surface area (Å²) in [6, 6.07) is 7.60. The fourth-order valence-electron chi connectivity index (χ4n) is 2.16. The van der Waals surface area contributed by atoms with Gasteiger partial charge in [-0.15, -0.1) is 0 Å². The maximum atomic E-state index is 6.26. The average Bonchev–Trinajstić information content (AvgIpc) is 3.11. The number of halogens is 1. The average molecular weight is 320 g/mol. The molecule has 2 N–H and O–H groups in total. The van der Waals surface area contributed by atoms with Crippen LogP contribution in [-0.4, -0.2) is 16.7 Å². The molecule has 0 unspecified atom stereocenters. The molecule has 0 bridgehead atoms. The molecule has 3 aromatic rings. The molecule has 0 radical (unpaired) electrons. The van der Waals surface area contributed by atoms with Gasteiger partial charge in [0.2, 0.25) is 5.95 Å². The highest BCUT2D eigenvalue weighted by Gasteiger charge is 2.12. The van der Waals surface area contributed by atoms with Crippen molar-refractivity contribution in [3.63, 3.8) is 0 Å². The van der Waals surface area contributed by atoms with E-state index in [0.717, 1.165) is 22.6 Å². The number of nitrogen functional groups attached to an aromatic ring is 1. The fraction of sp³-hybridized carbons (Fsp3) is 0.133. The first-order chi connectivity index (χ1) is 10.2. The number of ether oxygens (including phenoxy) is 1. The number of aromatic nitrogens is 2. The number of imidazole rings is 1. The molecular formula is C15H14ClN3OS. The standard InChI is InChI=1S/C15H14ClN3OS/c1-20-14-4-2-3-12(16)11(14)7-19-8-13(18-15(19)17)10-5-6-21-9-10/h2-6,8-9H,7H2,1H3,(H2,17,18). The zero-order chi connectivity index (χ0) is 14.8. The Balaban J connectivity index is 1.96. The van der Waals surface area contributed by atoms with E-state index in [0.29, 0.717) is 17.5 Å². The monoisotopic (exact) mass is 319 g/mol. The number of benzene rings is 1. The first-order valence-corrected chi connectivity index (χ1v) is 7.67. The van der Waals surface area contributed by atoms with Gasteiger partial charge in [0.1, 0.15) is 5.75 Å². The molecule has 108 valence electrons. The lowest BCUT2D eigenvalue weighted by molar-refractivity contribution is 0.408. The number of nitrogens with two attached hydrogens (primary N) is 1. The second-order valence-corrected chi connectivity index (χ2v) is 5.73. The van der Waals surface area contributed by atoms with Gasteiger partial charge in [-0.3, -0.25) is 0 Å². The maximum Gasteiger partial charge on any atom is 0.201 e. The molecule has 2 aromatic heterocycles. The summed E-state index contributed by atoms with van der Waals surface area (Å²) in [5.74, 6) is 1.20.